The maximum absolute atomic E-state index is 11.4. The van der Waals surface area contributed by atoms with E-state index in [1.54, 1.807) is 0 Å². The van der Waals surface area contributed by atoms with Crippen molar-refractivity contribution in [2.24, 2.45) is 5.73 Å². The second-order valence-electron chi connectivity index (χ2n) is 6.96. The van der Waals surface area contributed by atoms with Gasteiger partial charge in [0, 0.05) is 6.42 Å². The van der Waals surface area contributed by atoms with Crippen LogP contribution >= 0.6 is 0 Å². The molecule has 138 valence electrons. The molecule has 23 heavy (non-hydrogen) atoms. The van der Waals surface area contributed by atoms with Crippen molar-refractivity contribution in [3.8, 4) is 0 Å². The fourth-order valence-corrected chi connectivity index (χ4v) is 2.96. The third-order valence-corrected chi connectivity index (χ3v) is 4.64. The van der Waals surface area contributed by atoms with Gasteiger partial charge < -0.3 is 10.8 Å². The van der Waals surface area contributed by atoms with Crippen molar-refractivity contribution in [1.29, 1.82) is 0 Å². The number of ketones is 1. The van der Waals surface area contributed by atoms with Crippen LogP contribution in [0.1, 0.15) is 110 Å². The molecule has 0 aromatic carbocycles. The highest BCUT2D eigenvalue weighted by atomic mass is 16.3. The lowest BCUT2D eigenvalue weighted by atomic mass is 10.0. The number of Topliss-reactive ketones (excluding diaryl/α,β-unsaturated/α-hetero) is 1. The molecule has 0 rings (SSSR count). The summed E-state index contributed by atoms with van der Waals surface area (Å²) in [4.78, 5) is 11.4. The molecule has 0 aliphatic carbocycles. The summed E-state index contributed by atoms with van der Waals surface area (Å²) in [5.41, 5.74) is 5.48. The molecule has 0 unspecified atom stereocenters. The average molecular weight is 328 g/mol. The summed E-state index contributed by atoms with van der Waals surface area (Å²) >= 11 is 0. The van der Waals surface area contributed by atoms with E-state index < -0.39 is 6.04 Å². The summed E-state index contributed by atoms with van der Waals surface area (Å²) in [5, 5.41) is 8.78. The van der Waals surface area contributed by atoms with Gasteiger partial charge in [0.1, 0.15) is 0 Å². The summed E-state index contributed by atoms with van der Waals surface area (Å²) in [6.45, 7) is 2.05. The van der Waals surface area contributed by atoms with E-state index in [4.69, 9.17) is 10.8 Å². The molecule has 0 amide bonds. The molecular formula is C20H41NO2. The van der Waals surface area contributed by atoms with Crippen LogP contribution in [0.5, 0.6) is 0 Å². The molecule has 3 N–H and O–H groups in total. The lowest BCUT2D eigenvalue weighted by Crippen LogP contribution is -2.33. The van der Waals surface area contributed by atoms with Crippen LogP contribution in [-0.2, 0) is 4.79 Å². The molecule has 0 saturated carbocycles. The summed E-state index contributed by atoms with van der Waals surface area (Å²) in [7, 11) is 0. The van der Waals surface area contributed by atoms with Gasteiger partial charge >= 0.3 is 0 Å². The summed E-state index contributed by atoms with van der Waals surface area (Å²) in [6, 6.07) is -0.665. The Hall–Kier alpha value is -0.410. The number of aliphatic hydroxyl groups excluding tert-OH is 1. The Kier molecular flexibility index (Phi) is 17.6. The van der Waals surface area contributed by atoms with Gasteiger partial charge in [0.25, 0.3) is 0 Å². The number of carbonyl (C=O) groups is 1. The van der Waals surface area contributed by atoms with E-state index in [-0.39, 0.29) is 12.4 Å². The monoisotopic (exact) mass is 327 g/mol. The quantitative estimate of drug-likeness (QED) is 0.343. The number of unbranched alkanes of at least 4 members (excludes halogenated alkanes) is 14. The zero-order chi connectivity index (χ0) is 17.2. The van der Waals surface area contributed by atoms with Crippen molar-refractivity contribution in [3.63, 3.8) is 0 Å². The number of nitrogens with two attached hydrogens (primary N) is 1. The maximum atomic E-state index is 11.4. The first kappa shape index (κ1) is 22.6. The van der Waals surface area contributed by atoms with E-state index in [2.05, 4.69) is 6.92 Å². The zero-order valence-corrected chi connectivity index (χ0v) is 15.5. The van der Waals surface area contributed by atoms with Gasteiger partial charge in [-0.3, -0.25) is 4.79 Å². The second-order valence-corrected chi connectivity index (χ2v) is 6.96. The van der Waals surface area contributed by atoms with Gasteiger partial charge in [0.15, 0.2) is 5.78 Å². The molecule has 0 heterocycles. The van der Waals surface area contributed by atoms with E-state index >= 15 is 0 Å². The predicted octanol–water partition coefficient (Wildman–Crippen LogP) is 5.14. The third-order valence-electron chi connectivity index (χ3n) is 4.64. The molecule has 0 saturated heterocycles. The Bertz CT molecular complexity index is 256. The van der Waals surface area contributed by atoms with Crippen LogP contribution in [-0.4, -0.2) is 23.5 Å². The molecule has 0 spiro atoms. The van der Waals surface area contributed by atoms with Crippen LogP contribution in [0.4, 0.5) is 0 Å². The normalized spacial score (nSPS) is 12.5. The zero-order valence-electron chi connectivity index (χ0n) is 15.5. The van der Waals surface area contributed by atoms with Crippen molar-refractivity contribution < 1.29 is 9.90 Å². The van der Waals surface area contributed by atoms with Crippen molar-refractivity contribution in [2.45, 2.75) is 116 Å². The maximum Gasteiger partial charge on any atom is 0.151 e. The van der Waals surface area contributed by atoms with Gasteiger partial charge in [-0.1, -0.05) is 96.8 Å². The van der Waals surface area contributed by atoms with Gasteiger partial charge in [-0.25, -0.2) is 0 Å². The molecule has 0 bridgehead atoms. The first-order chi connectivity index (χ1) is 11.2. The van der Waals surface area contributed by atoms with Crippen LogP contribution in [0.3, 0.4) is 0 Å². The molecule has 0 aliphatic rings. The molecular weight excluding hydrogens is 286 g/mol. The third kappa shape index (κ3) is 16.2. The molecule has 0 fully saturated rings. The largest absolute Gasteiger partial charge is 0.394 e. The molecule has 3 heteroatoms. The van der Waals surface area contributed by atoms with Gasteiger partial charge in [-0.15, -0.1) is 0 Å². The summed E-state index contributed by atoms with van der Waals surface area (Å²) in [6.07, 6.45) is 20.4. The summed E-state index contributed by atoms with van der Waals surface area (Å²) in [5.74, 6) is 0.00203. The Morgan fingerprint density at radius 1 is 0.739 bits per heavy atom. The molecule has 0 aliphatic heterocycles. The first-order valence-corrected chi connectivity index (χ1v) is 10.1. The van der Waals surface area contributed by atoms with Crippen LogP contribution in [0, 0.1) is 0 Å². The average Bonchev–Trinajstić information content (AvgIpc) is 2.57. The lowest BCUT2D eigenvalue weighted by Gasteiger charge is -2.06. The van der Waals surface area contributed by atoms with Crippen LogP contribution in [0.15, 0.2) is 0 Å². The van der Waals surface area contributed by atoms with Crippen molar-refractivity contribution in [2.75, 3.05) is 6.61 Å². The van der Waals surface area contributed by atoms with Gasteiger partial charge in [0.2, 0.25) is 0 Å². The Balaban J connectivity index is 3.09. The fraction of sp³-hybridized carbons (Fsp3) is 0.950. The van der Waals surface area contributed by atoms with Crippen molar-refractivity contribution in [1.82, 2.24) is 0 Å². The van der Waals surface area contributed by atoms with E-state index in [9.17, 15) is 4.79 Å². The smallest absolute Gasteiger partial charge is 0.151 e. The number of carbonyl (C=O) groups excluding carboxylic acids is 1. The second kappa shape index (κ2) is 17.9. The molecule has 3 nitrogen and oxygen atoms in total. The molecule has 0 aromatic heterocycles. The number of rotatable bonds is 18. The minimum Gasteiger partial charge on any atom is -0.394 e. The molecule has 0 aromatic rings. The number of hydrogen-bond acceptors (Lipinski definition) is 3. The minimum atomic E-state index is -0.665. The Morgan fingerprint density at radius 2 is 1.09 bits per heavy atom. The Morgan fingerprint density at radius 3 is 1.43 bits per heavy atom. The minimum absolute atomic E-state index is 0.00203. The Labute approximate surface area is 144 Å². The van der Waals surface area contributed by atoms with E-state index in [1.807, 2.05) is 0 Å². The highest BCUT2D eigenvalue weighted by Gasteiger charge is 2.10. The van der Waals surface area contributed by atoms with Gasteiger partial charge in [0.05, 0.1) is 12.6 Å². The first-order valence-electron chi connectivity index (χ1n) is 10.1. The summed E-state index contributed by atoms with van der Waals surface area (Å²) < 4.78 is 0. The number of hydrogen-bond donors (Lipinski definition) is 2. The highest BCUT2D eigenvalue weighted by molar-refractivity contribution is 5.83. The van der Waals surface area contributed by atoms with Crippen molar-refractivity contribution in [3.05, 3.63) is 0 Å². The van der Waals surface area contributed by atoms with E-state index in [0.717, 1.165) is 12.8 Å². The molecule has 0 radical (unpaired) electrons. The number of aliphatic hydroxyl groups is 1. The van der Waals surface area contributed by atoms with Crippen LogP contribution in [0.2, 0.25) is 0 Å². The fourth-order valence-electron chi connectivity index (χ4n) is 2.96. The van der Waals surface area contributed by atoms with E-state index in [1.165, 1.54) is 83.5 Å². The predicted molar refractivity (Wildman–Crippen MR) is 99.6 cm³/mol. The topological polar surface area (TPSA) is 63.3 Å². The SMILES string of the molecule is CCCCCCCCCCCCCCCCCC(=O)[C@@H](N)CO. The van der Waals surface area contributed by atoms with Gasteiger partial charge in [-0.05, 0) is 6.42 Å². The van der Waals surface area contributed by atoms with Gasteiger partial charge in [-0.2, -0.15) is 0 Å². The standard InChI is InChI=1S/C20H41NO2/c1-2-3-4-5-6-7-8-9-10-11-12-13-14-15-16-17-20(23)19(21)18-22/h19,22H,2-18,21H2,1H3/t19-/m0/s1. The van der Waals surface area contributed by atoms with Crippen molar-refractivity contribution >= 4 is 5.78 Å². The van der Waals surface area contributed by atoms with Crippen LogP contribution < -0.4 is 5.73 Å². The van der Waals surface area contributed by atoms with Crippen LogP contribution in [0.25, 0.3) is 0 Å². The van der Waals surface area contributed by atoms with E-state index in [0.29, 0.717) is 6.42 Å². The highest BCUT2D eigenvalue weighted by Crippen LogP contribution is 2.13. The molecule has 1 atom stereocenters. The lowest BCUT2D eigenvalue weighted by molar-refractivity contribution is -0.121.